The van der Waals surface area contributed by atoms with E-state index in [1.54, 1.807) is 0 Å². The van der Waals surface area contributed by atoms with Crippen molar-refractivity contribution < 1.29 is 14.3 Å². The van der Waals surface area contributed by atoms with Crippen molar-refractivity contribution in [1.82, 2.24) is 5.32 Å². The molecule has 0 saturated carbocycles. The summed E-state index contributed by atoms with van der Waals surface area (Å²) in [7, 11) is 1.30. The Kier molecular flexibility index (Phi) is 8.09. The molecule has 7 heteroatoms. The Morgan fingerprint density at radius 3 is 2.76 bits per heavy atom. The van der Waals surface area contributed by atoms with Crippen LogP contribution in [0.15, 0.2) is 17.3 Å². The molecule has 0 aromatic rings. The molecule has 0 saturated heterocycles. The molecule has 96 valence electrons. The molecule has 7 nitrogen and oxygen atoms in total. The zero-order valence-electron chi connectivity index (χ0n) is 9.76. The molecule has 0 aliphatic rings. The number of rotatable bonds is 8. The summed E-state index contributed by atoms with van der Waals surface area (Å²) in [6, 6.07) is -0.509. The minimum absolute atomic E-state index is 0.0217. The molecule has 0 rings (SSSR count). The van der Waals surface area contributed by atoms with E-state index in [1.807, 2.05) is 0 Å². The molecule has 5 N–H and O–H groups in total. The van der Waals surface area contributed by atoms with Gasteiger partial charge in [0.25, 0.3) is 0 Å². The highest BCUT2D eigenvalue weighted by Gasteiger charge is 2.16. The Balaban J connectivity index is 4.10. The summed E-state index contributed by atoms with van der Waals surface area (Å²) in [5.41, 5.74) is 10.3. The molecular weight excluding hydrogens is 224 g/mol. The van der Waals surface area contributed by atoms with Gasteiger partial charge in [-0.15, -0.1) is 0 Å². The van der Waals surface area contributed by atoms with Gasteiger partial charge in [-0.3, -0.25) is 9.79 Å². The first-order valence-electron chi connectivity index (χ1n) is 5.11. The van der Waals surface area contributed by atoms with E-state index in [-0.39, 0.29) is 5.96 Å². The lowest BCUT2D eigenvalue weighted by Crippen LogP contribution is -2.34. The highest BCUT2D eigenvalue weighted by molar-refractivity contribution is 5.76. The van der Waals surface area contributed by atoms with Crippen LogP contribution in [0.1, 0.15) is 12.8 Å². The first-order valence-corrected chi connectivity index (χ1v) is 5.11. The zero-order valence-corrected chi connectivity index (χ0v) is 9.76. The third kappa shape index (κ3) is 7.83. The standard InChI is InChI=1S/C10H18N4O3/c1-17-9(16)8(13-6-3-7-15)4-2-5-14-10(11)12/h3,6-8,13H,2,4-5H2,1H3,(H4,11,12,14)/t8-/m0/s1. The number of carbonyl (C=O) groups excluding carboxylic acids is 2. The Morgan fingerprint density at radius 1 is 1.53 bits per heavy atom. The predicted octanol–water partition coefficient (Wildman–Crippen LogP) is -1.12. The number of carbonyl (C=O) groups is 2. The van der Waals surface area contributed by atoms with Gasteiger partial charge in [-0.1, -0.05) is 0 Å². The number of aldehydes is 1. The number of aliphatic imine (C=N–C) groups is 1. The molecule has 0 aromatic heterocycles. The van der Waals surface area contributed by atoms with Gasteiger partial charge in [-0.25, -0.2) is 4.79 Å². The van der Waals surface area contributed by atoms with Crippen molar-refractivity contribution in [3.05, 3.63) is 12.3 Å². The highest BCUT2D eigenvalue weighted by Crippen LogP contribution is 2.00. The van der Waals surface area contributed by atoms with Gasteiger partial charge >= 0.3 is 5.97 Å². The number of guanidine groups is 1. The smallest absolute Gasteiger partial charge is 0.328 e. The summed E-state index contributed by atoms with van der Waals surface area (Å²) in [6.07, 6.45) is 4.40. The molecule has 0 radical (unpaired) electrons. The van der Waals surface area contributed by atoms with E-state index in [4.69, 9.17) is 11.5 Å². The fraction of sp³-hybridized carbons (Fsp3) is 0.500. The van der Waals surface area contributed by atoms with Crippen LogP contribution in [-0.4, -0.2) is 37.9 Å². The fourth-order valence-corrected chi connectivity index (χ4v) is 1.13. The second-order valence-corrected chi connectivity index (χ2v) is 3.19. The van der Waals surface area contributed by atoms with Crippen LogP contribution in [0.4, 0.5) is 0 Å². The normalized spacial score (nSPS) is 11.8. The number of hydrogen-bond donors (Lipinski definition) is 3. The number of allylic oxidation sites excluding steroid dienone is 1. The first kappa shape index (κ1) is 14.9. The predicted molar refractivity (Wildman–Crippen MR) is 64.1 cm³/mol. The van der Waals surface area contributed by atoms with Crippen LogP contribution in [0.2, 0.25) is 0 Å². The van der Waals surface area contributed by atoms with Crippen LogP contribution in [0, 0.1) is 0 Å². The van der Waals surface area contributed by atoms with Gasteiger partial charge in [0.05, 0.1) is 7.11 Å². The van der Waals surface area contributed by atoms with E-state index in [0.717, 1.165) is 0 Å². The summed E-state index contributed by atoms with van der Waals surface area (Å²) in [5.74, 6) is -0.376. The molecule has 0 amide bonds. The van der Waals surface area contributed by atoms with Crippen molar-refractivity contribution in [2.75, 3.05) is 13.7 Å². The first-order chi connectivity index (χ1) is 8.11. The Hall–Kier alpha value is -2.05. The maximum atomic E-state index is 11.3. The number of hydrogen-bond acceptors (Lipinski definition) is 5. The average Bonchev–Trinajstić information content (AvgIpc) is 2.31. The number of nitrogens with one attached hydrogen (secondary N) is 1. The minimum atomic E-state index is -0.509. The van der Waals surface area contributed by atoms with Gasteiger partial charge < -0.3 is 21.5 Å². The largest absolute Gasteiger partial charge is 0.467 e. The summed E-state index contributed by atoms with van der Waals surface area (Å²) in [4.78, 5) is 25.2. The van der Waals surface area contributed by atoms with Crippen molar-refractivity contribution in [1.29, 1.82) is 0 Å². The van der Waals surface area contributed by atoms with E-state index in [0.29, 0.717) is 25.7 Å². The number of nitrogens with zero attached hydrogens (tertiary/aromatic N) is 1. The molecule has 0 aromatic carbocycles. The third-order valence-electron chi connectivity index (χ3n) is 1.90. The van der Waals surface area contributed by atoms with Gasteiger partial charge in [0, 0.05) is 12.7 Å². The molecule has 0 heterocycles. The maximum Gasteiger partial charge on any atom is 0.328 e. The quantitative estimate of drug-likeness (QED) is 0.124. The van der Waals surface area contributed by atoms with Gasteiger partial charge in [0.1, 0.15) is 12.3 Å². The summed E-state index contributed by atoms with van der Waals surface area (Å²) < 4.78 is 4.61. The van der Waals surface area contributed by atoms with Crippen molar-refractivity contribution in [3.8, 4) is 0 Å². The number of methoxy groups -OCH3 is 1. The van der Waals surface area contributed by atoms with Crippen LogP contribution in [-0.2, 0) is 14.3 Å². The lowest BCUT2D eigenvalue weighted by atomic mass is 10.1. The van der Waals surface area contributed by atoms with Crippen molar-refractivity contribution in [2.45, 2.75) is 18.9 Å². The topological polar surface area (TPSA) is 120 Å². The van der Waals surface area contributed by atoms with Crippen molar-refractivity contribution in [2.24, 2.45) is 16.5 Å². The summed E-state index contributed by atoms with van der Waals surface area (Å²) >= 11 is 0. The van der Waals surface area contributed by atoms with E-state index in [2.05, 4.69) is 15.0 Å². The van der Waals surface area contributed by atoms with E-state index < -0.39 is 12.0 Å². The van der Waals surface area contributed by atoms with Gasteiger partial charge in [-0.05, 0) is 18.9 Å². The van der Waals surface area contributed by atoms with E-state index in [9.17, 15) is 9.59 Å². The van der Waals surface area contributed by atoms with E-state index >= 15 is 0 Å². The lowest BCUT2D eigenvalue weighted by molar-refractivity contribution is -0.143. The maximum absolute atomic E-state index is 11.3. The average molecular weight is 242 g/mol. The lowest BCUT2D eigenvalue weighted by Gasteiger charge is -2.13. The highest BCUT2D eigenvalue weighted by atomic mass is 16.5. The number of ether oxygens (including phenoxy) is 1. The molecule has 0 unspecified atom stereocenters. The SMILES string of the molecule is COC(=O)[C@H](CCCN=C(N)N)NC=CC=O. The Morgan fingerprint density at radius 2 is 2.24 bits per heavy atom. The van der Waals surface area contributed by atoms with Crippen molar-refractivity contribution in [3.63, 3.8) is 0 Å². The van der Waals surface area contributed by atoms with Crippen LogP contribution >= 0.6 is 0 Å². The second-order valence-electron chi connectivity index (χ2n) is 3.19. The minimum Gasteiger partial charge on any atom is -0.467 e. The number of nitrogens with two attached hydrogens (primary N) is 2. The van der Waals surface area contributed by atoms with Crippen LogP contribution < -0.4 is 16.8 Å². The zero-order chi connectivity index (χ0) is 13.1. The Bertz CT molecular complexity index is 298. The van der Waals surface area contributed by atoms with Gasteiger partial charge in [-0.2, -0.15) is 0 Å². The summed E-state index contributed by atoms with van der Waals surface area (Å²) in [5, 5.41) is 2.76. The molecule has 0 spiro atoms. The third-order valence-corrected chi connectivity index (χ3v) is 1.90. The van der Waals surface area contributed by atoms with Gasteiger partial charge in [0.2, 0.25) is 0 Å². The molecule has 0 aliphatic carbocycles. The molecule has 1 atom stereocenters. The molecule has 0 fully saturated rings. The second kappa shape index (κ2) is 9.20. The summed E-state index contributed by atoms with van der Waals surface area (Å²) in [6.45, 7) is 0.439. The van der Waals surface area contributed by atoms with Crippen LogP contribution in [0.25, 0.3) is 0 Å². The monoisotopic (exact) mass is 242 g/mol. The fourth-order valence-electron chi connectivity index (χ4n) is 1.13. The number of esters is 1. The molecular formula is C10H18N4O3. The molecule has 0 aliphatic heterocycles. The van der Waals surface area contributed by atoms with Gasteiger partial charge in [0.15, 0.2) is 5.96 Å². The van der Waals surface area contributed by atoms with E-state index in [1.165, 1.54) is 19.4 Å². The molecule has 0 bridgehead atoms. The Labute approximate surface area is 99.9 Å². The van der Waals surface area contributed by atoms with Crippen LogP contribution in [0.3, 0.4) is 0 Å². The van der Waals surface area contributed by atoms with Crippen LogP contribution in [0.5, 0.6) is 0 Å². The molecule has 17 heavy (non-hydrogen) atoms. The van der Waals surface area contributed by atoms with Crippen molar-refractivity contribution >= 4 is 18.2 Å².